The molecule has 5 rings (SSSR count). The van der Waals surface area contributed by atoms with Gasteiger partial charge in [0.15, 0.2) is 0 Å². The van der Waals surface area contributed by atoms with Gasteiger partial charge in [-0.25, -0.2) is 4.79 Å². The molecule has 5 unspecified atom stereocenters. The highest BCUT2D eigenvalue weighted by Crippen LogP contribution is 2.61. The number of carbonyl (C=O) groups is 1. The highest BCUT2D eigenvalue weighted by molar-refractivity contribution is 5.93. The van der Waals surface area contributed by atoms with Crippen LogP contribution in [-0.2, 0) is 14.9 Å². The number of nitrogens with zero attached hydrogens (tertiary/aromatic N) is 1. The van der Waals surface area contributed by atoms with E-state index >= 15 is 0 Å². The Balaban J connectivity index is 1.82. The first-order chi connectivity index (χ1) is 13.0. The maximum Gasteiger partial charge on any atom is 0.335 e. The van der Waals surface area contributed by atoms with E-state index in [9.17, 15) is 9.90 Å². The Kier molecular flexibility index (Phi) is 3.72. The Morgan fingerprint density at radius 3 is 3.00 bits per heavy atom. The van der Waals surface area contributed by atoms with E-state index in [1.807, 2.05) is 13.0 Å². The fourth-order valence-corrected chi connectivity index (χ4v) is 6.39. The average Bonchev–Trinajstić information content (AvgIpc) is 2.81. The van der Waals surface area contributed by atoms with Gasteiger partial charge in [-0.15, -0.1) is 0 Å². The number of ether oxygens (including phenoxy) is 1. The molecule has 144 valence electrons. The molecule has 1 aliphatic carbocycles. The summed E-state index contributed by atoms with van der Waals surface area (Å²) in [5, 5.41) is 15.2. The van der Waals surface area contributed by atoms with Crippen LogP contribution in [0.25, 0.3) is 0 Å². The minimum absolute atomic E-state index is 0.162. The maximum atomic E-state index is 13.0. The number of carbonyl (C=O) groups excluding carboxylic acids is 1. The van der Waals surface area contributed by atoms with Crippen LogP contribution in [0.1, 0.15) is 38.2 Å². The normalized spacial score (nSPS) is 39.1. The van der Waals surface area contributed by atoms with Crippen LogP contribution in [0, 0.1) is 11.8 Å². The molecule has 5 atom stereocenters. The van der Waals surface area contributed by atoms with Crippen molar-refractivity contribution < 1.29 is 14.6 Å². The van der Waals surface area contributed by atoms with Crippen molar-refractivity contribution in [3.8, 4) is 0 Å². The highest BCUT2D eigenvalue weighted by Gasteiger charge is 2.60. The summed E-state index contributed by atoms with van der Waals surface area (Å²) >= 11 is 0. The van der Waals surface area contributed by atoms with Gasteiger partial charge in [0.1, 0.15) is 0 Å². The number of esters is 1. The lowest BCUT2D eigenvalue weighted by atomic mass is 9.57. The third kappa shape index (κ3) is 2.15. The number of anilines is 1. The molecule has 1 aromatic carbocycles. The minimum atomic E-state index is -0.898. The number of allylic oxidation sites excluding steroid dienone is 1. The molecule has 2 saturated heterocycles. The number of aliphatic hydroxyl groups is 1. The molecule has 3 heterocycles. The molecule has 0 saturated carbocycles. The number of hydrogen-bond donors (Lipinski definition) is 2. The predicted octanol–water partition coefficient (Wildman–Crippen LogP) is 2.66. The Hall–Kier alpha value is -1.85. The smallest absolute Gasteiger partial charge is 0.335 e. The zero-order chi connectivity index (χ0) is 18.8. The van der Waals surface area contributed by atoms with Crippen LogP contribution in [0.2, 0.25) is 0 Å². The number of hydrogen-bond acceptors (Lipinski definition) is 5. The molecule has 1 spiro atoms. The number of rotatable bonds is 2. The van der Waals surface area contributed by atoms with Crippen molar-refractivity contribution in [1.82, 2.24) is 4.90 Å². The van der Waals surface area contributed by atoms with Gasteiger partial charge in [0.2, 0.25) is 0 Å². The number of methoxy groups -OCH3 is 1. The van der Waals surface area contributed by atoms with Gasteiger partial charge in [-0.1, -0.05) is 25.1 Å². The van der Waals surface area contributed by atoms with Gasteiger partial charge in [0.05, 0.1) is 18.3 Å². The van der Waals surface area contributed by atoms with Crippen molar-refractivity contribution in [2.75, 3.05) is 32.1 Å². The van der Waals surface area contributed by atoms with Gasteiger partial charge in [0.25, 0.3) is 0 Å². The average molecular weight is 368 g/mol. The van der Waals surface area contributed by atoms with Crippen molar-refractivity contribution >= 4 is 11.7 Å². The Morgan fingerprint density at radius 1 is 1.41 bits per heavy atom. The first-order valence-corrected chi connectivity index (χ1v) is 10.2. The summed E-state index contributed by atoms with van der Waals surface area (Å²) in [4.78, 5) is 15.4. The zero-order valence-corrected chi connectivity index (χ0v) is 16.1. The maximum absolute atomic E-state index is 13.0. The second kappa shape index (κ2) is 5.82. The summed E-state index contributed by atoms with van der Waals surface area (Å²) in [5.41, 5.74) is 3.04. The molecule has 3 aliphatic heterocycles. The Labute approximate surface area is 160 Å². The summed E-state index contributed by atoms with van der Waals surface area (Å²) in [7, 11) is 1.45. The molecule has 0 radical (unpaired) electrons. The fraction of sp³-hybridized carbons (Fsp3) is 0.591. The van der Waals surface area contributed by atoms with E-state index < -0.39 is 5.60 Å². The van der Waals surface area contributed by atoms with Crippen LogP contribution in [0.3, 0.4) is 0 Å². The first-order valence-electron chi connectivity index (χ1n) is 10.2. The van der Waals surface area contributed by atoms with Gasteiger partial charge < -0.3 is 20.1 Å². The molecular weight excluding hydrogens is 340 g/mol. The lowest BCUT2D eigenvalue weighted by molar-refractivity contribution is -0.139. The summed E-state index contributed by atoms with van der Waals surface area (Å²) < 4.78 is 5.24. The third-order valence-electron chi connectivity index (χ3n) is 7.64. The van der Waals surface area contributed by atoms with Crippen molar-refractivity contribution in [1.29, 1.82) is 0 Å². The molecule has 0 amide bonds. The molecule has 2 N–H and O–H groups in total. The molecule has 2 fully saturated rings. The van der Waals surface area contributed by atoms with E-state index in [4.69, 9.17) is 4.74 Å². The number of fused-ring (bicyclic) bond motifs is 3. The second-order valence-electron chi connectivity index (χ2n) is 8.70. The first kappa shape index (κ1) is 17.3. The van der Waals surface area contributed by atoms with Gasteiger partial charge in [0, 0.05) is 35.8 Å². The molecule has 0 aromatic heterocycles. The molecule has 3 bridgehead atoms. The minimum Gasteiger partial charge on any atom is -0.466 e. The highest BCUT2D eigenvalue weighted by atomic mass is 16.5. The largest absolute Gasteiger partial charge is 0.466 e. The monoisotopic (exact) mass is 368 g/mol. The van der Waals surface area contributed by atoms with Crippen LogP contribution in [0.4, 0.5) is 5.69 Å². The molecular formula is C22H28N2O3. The second-order valence-corrected chi connectivity index (χ2v) is 8.70. The van der Waals surface area contributed by atoms with Crippen LogP contribution in [0.15, 0.2) is 35.5 Å². The number of nitrogens with one attached hydrogen (secondary N) is 1. The van der Waals surface area contributed by atoms with Crippen LogP contribution in [-0.4, -0.2) is 48.3 Å². The van der Waals surface area contributed by atoms with E-state index in [0.717, 1.165) is 43.7 Å². The Bertz CT molecular complexity index is 835. The van der Waals surface area contributed by atoms with Crippen LogP contribution >= 0.6 is 0 Å². The Morgan fingerprint density at radius 2 is 2.22 bits per heavy atom. The SMILES string of the molecule is CCC1(O)CN2CCCC34C(=C(C(=O)OC)C1CC3C2)Nc1ccccc14. The van der Waals surface area contributed by atoms with Crippen molar-refractivity contribution in [2.24, 2.45) is 11.8 Å². The van der Waals surface area contributed by atoms with Gasteiger partial charge in [-0.05, 0) is 49.8 Å². The topological polar surface area (TPSA) is 61.8 Å². The predicted molar refractivity (Wildman–Crippen MR) is 103 cm³/mol. The number of para-hydroxylation sites is 1. The number of benzene rings is 1. The van der Waals surface area contributed by atoms with Crippen LogP contribution < -0.4 is 5.32 Å². The third-order valence-corrected chi connectivity index (χ3v) is 7.64. The van der Waals surface area contributed by atoms with Gasteiger partial charge in [-0.2, -0.15) is 0 Å². The zero-order valence-electron chi connectivity index (χ0n) is 16.1. The summed E-state index contributed by atoms with van der Waals surface area (Å²) in [5.74, 6) is -0.0860. The fourth-order valence-electron chi connectivity index (χ4n) is 6.39. The van der Waals surface area contributed by atoms with Crippen molar-refractivity contribution in [3.63, 3.8) is 0 Å². The van der Waals surface area contributed by atoms with E-state index in [2.05, 4.69) is 28.4 Å². The van der Waals surface area contributed by atoms with E-state index in [1.54, 1.807) is 0 Å². The molecule has 4 aliphatic rings. The van der Waals surface area contributed by atoms with Crippen molar-refractivity contribution in [3.05, 3.63) is 41.1 Å². The molecule has 5 nitrogen and oxygen atoms in total. The van der Waals surface area contributed by atoms with E-state index in [0.29, 0.717) is 24.5 Å². The standard InChI is InChI=1S/C22H28N2O3/c1-3-21(26)13-24-10-6-9-22-14(12-24)11-16(21)18(20(25)27-2)19(22)23-17-8-5-4-7-15(17)22/h4-5,7-8,14,16,23,26H,3,6,9-13H2,1-2H3. The summed E-state index contributed by atoms with van der Waals surface area (Å²) in [6.45, 7) is 4.65. The van der Waals surface area contributed by atoms with Crippen molar-refractivity contribution in [2.45, 2.75) is 43.6 Å². The molecule has 1 aromatic rings. The van der Waals surface area contributed by atoms with E-state index in [-0.39, 0.29) is 17.3 Å². The quantitative estimate of drug-likeness (QED) is 0.786. The molecule has 27 heavy (non-hydrogen) atoms. The summed E-state index contributed by atoms with van der Waals surface area (Å²) in [6.07, 6.45) is 3.57. The van der Waals surface area contributed by atoms with E-state index in [1.165, 1.54) is 12.7 Å². The molecule has 5 heteroatoms. The lowest BCUT2D eigenvalue weighted by Gasteiger charge is -2.47. The lowest BCUT2D eigenvalue weighted by Crippen LogP contribution is -2.51. The van der Waals surface area contributed by atoms with Crippen LogP contribution in [0.5, 0.6) is 0 Å². The summed E-state index contributed by atoms with van der Waals surface area (Å²) in [6, 6.07) is 8.47. The van der Waals surface area contributed by atoms with Gasteiger partial charge >= 0.3 is 5.97 Å². The van der Waals surface area contributed by atoms with Gasteiger partial charge in [-0.3, -0.25) is 0 Å².